The van der Waals surface area contributed by atoms with Crippen molar-refractivity contribution in [1.29, 1.82) is 0 Å². The summed E-state index contributed by atoms with van der Waals surface area (Å²) in [4.78, 5) is 30.4. The van der Waals surface area contributed by atoms with E-state index >= 15 is 0 Å². The molecule has 0 bridgehead atoms. The fraction of sp³-hybridized carbons (Fsp3) is 0.227. The summed E-state index contributed by atoms with van der Waals surface area (Å²) in [5.74, 6) is -0.390. The summed E-state index contributed by atoms with van der Waals surface area (Å²) in [7, 11) is 0. The van der Waals surface area contributed by atoms with Gasteiger partial charge in [0.25, 0.3) is 5.82 Å². The molecule has 4 nitrogen and oxygen atoms in total. The lowest BCUT2D eigenvalue weighted by molar-refractivity contribution is -0.329. The van der Waals surface area contributed by atoms with Crippen molar-refractivity contribution < 1.29 is 14.6 Å². The number of carbonyl (C=O) groups excluding carboxylic acids is 2. The fourth-order valence-corrected chi connectivity index (χ4v) is 3.58. The number of pyridine rings is 1. The Morgan fingerprint density at radius 2 is 1.65 bits per heavy atom. The van der Waals surface area contributed by atoms with Crippen LogP contribution in [0.1, 0.15) is 18.1 Å². The first-order valence-electron chi connectivity index (χ1n) is 8.89. The number of aromatic amines is 1. The molecule has 1 fully saturated rings. The zero-order chi connectivity index (χ0) is 18.3. The average Bonchev–Trinajstić information content (AvgIpc) is 2.86. The van der Waals surface area contributed by atoms with Gasteiger partial charge in [-0.25, -0.2) is 14.6 Å². The normalized spacial score (nSPS) is 20.2. The average molecular weight is 345 g/mol. The molecule has 2 aromatic carbocycles. The van der Waals surface area contributed by atoms with Gasteiger partial charge in [-0.1, -0.05) is 55.0 Å². The van der Waals surface area contributed by atoms with Gasteiger partial charge in [-0.15, -0.1) is 4.90 Å². The largest absolute Gasteiger partial charge is 0.321 e. The van der Waals surface area contributed by atoms with E-state index in [9.17, 15) is 9.59 Å². The minimum atomic E-state index is -0.330. The second-order valence-electron chi connectivity index (χ2n) is 7.03. The maximum absolute atomic E-state index is 13.0. The summed E-state index contributed by atoms with van der Waals surface area (Å²) in [5.41, 5.74) is 3.17. The molecule has 1 N–H and O–H groups in total. The molecule has 2 unspecified atom stereocenters. The molecule has 1 aliphatic heterocycles. The number of benzene rings is 2. The van der Waals surface area contributed by atoms with E-state index in [4.69, 9.17) is 0 Å². The lowest BCUT2D eigenvalue weighted by Gasteiger charge is -2.09. The second-order valence-corrected chi connectivity index (χ2v) is 7.03. The molecule has 0 spiro atoms. The van der Waals surface area contributed by atoms with Gasteiger partial charge in [0.15, 0.2) is 0 Å². The quantitative estimate of drug-likeness (QED) is 0.684. The number of H-pyrrole nitrogens is 1. The number of para-hydroxylation sites is 1. The van der Waals surface area contributed by atoms with Gasteiger partial charge in [0, 0.05) is 11.5 Å². The maximum atomic E-state index is 13.0. The van der Waals surface area contributed by atoms with Crippen LogP contribution in [0, 0.1) is 18.8 Å². The first-order chi connectivity index (χ1) is 12.5. The van der Waals surface area contributed by atoms with E-state index < -0.39 is 0 Å². The van der Waals surface area contributed by atoms with Crippen molar-refractivity contribution in [1.82, 2.24) is 0 Å². The lowest BCUT2D eigenvalue weighted by atomic mass is 9.90. The number of amides is 2. The third kappa shape index (κ3) is 2.77. The number of carbonyl (C=O) groups is 2. The molecule has 1 saturated heterocycles. The highest BCUT2D eigenvalue weighted by Gasteiger charge is 2.52. The fourth-order valence-electron chi connectivity index (χ4n) is 3.58. The monoisotopic (exact) mass is 345 g/mol. The van der Waals surface area contributed by atoms with Crippen LogP contribution in [-0.2, 0) is 16.0 Å². The molecule has 26 heavy (non-hydrogen) atoms. The Labute approximate surface area is 152 Å². The van der Waals surface area contributed by atoms with Gasteiger partial charge < -0.3 is 0 Å². The number of hydrogen-bond acceptors (Lipinski definition) is 2. The van der Waals surface area contributed by atoms with Crippen molar-refractivity contribution in [3.05, 3.63) is 71.8 Å². The van der Waals surface area contributed by atoms with Crippen LogP contribution >= 0.6 is 0 Å². The van der Waals surface area contributed by atoms with Gasteiger partial charge in [0.2, 0.25) is 0 Å². The summed E-state index contributed by atoms with van der Waals surface area (Å²) in [5, 5.41) is 1.04. The van der Waals surface area contributed by atoms with Crippen LogP contribution in [0.4, 0.5) is 5.82 Å². The molecule has 3 aromatic rings. The molecule has 1 aliphatic rings. The van der Waals surface area contributed by atoms with Crippen LogP contribution in [0.15, 0.2) is 60.7 Å². The summed E-state index contributed by atoms with van der Waals surface area (Å²) in [6.07, 6.45) is 0.579. The van der Waals surface area contributed by atoms with Gasteiger partial charge in [0.1, 0.15) is 5.52 Å². The van der Waals surface area contributed by atoms with Crippen LogP contribution in [0.5, 0.6) is 0 Å². The number of hydrogen-bond donors (Lipinski definition) is 0. The lowest BCUT2D eigenvalue weighted by Crippen LogP contribution is -2.35. The standard InChI is InChI=1S/C22H20N2O2/c1-14-7-9-16(10-8-14)13-18-15(2)21(25)24(22(18)26)20-12-11-17-5-3-4-6-19(17)23-20/h3-12,15,18H,13H2,1-2H3/p+1. The summed E-state index contributed by atoms with van der Waals surface area (Å²) >= 11 is 0. The van der Waals surface area contributed by atoms with Gasteiger partial charge >= 0.3 is 11.8 Å². The van der Waals surface area contributed by atoms with Crippen molar-refractivity contribution in [2.24, 2.45) is 11.8 Å². The predicted octanol–water partition coefficient (Wildman–Crippen LogP) is 3.33. The molecule has 2 heterocycles. The Morgan fingerprint density at radius 1 is 0.923 bits per heavy atom. The number of fused-ring (bicyclic) bond motifs is 1. The van der Waals surface area contributed by atoms with Crippen molar-refractivity contribution in [2.75, 3.05) is 4.90 Å². The van der Waals surface area contributed by atoms with Crippen LogP contribution in [0.2, 0.25) is 0 Å². The Morgan fingerprint density at radius 3 is 2.42 bits per heavy atom. The van der Waals surface area contributed by atoms with E-state index in [1.807, 2.05) is 68.4 Å². The van der Waals surface area contributed by atoms with E-state index in [1.165, 1.54) is 10.5 Å². The molecule has 4 rings (SSSR count). The first-order valence-corrected chi connectivity index (χ1v) is 8.89. The SMILES string of the molecule is Cc1ccc(CC2C(=O)N(c3ccc4ccccc4[nH+]3)C(=O)C2C)cc1. The topological polar surface area (TPSA) is 51.5 Å². The second kappa shape index (κ2) is 6.37. The molecular weight excluding hydrogens is 324 g/mol. The Hall–Kier alpha value is -3.01. The smallest absolute Gasteiger partial charge is 0.246 e. The summed E-state index contributed by atoms with van der Waals surface area (Å²) in [6, 6.07) is 19.7. The third-order valence-corrected chi connectivity index (χ3v) is 5.21. The maximum Gasteiger partial charge on any atom is 0.321 e. The van der Waals surface area contributed by atoms with Crippen molar-refractivity contribution >= 4 is 28.5 Å². The molecule has 0 aliphatic carbocycles. The van der Waals surface area contributed by atoms with Gasteiger partial charge in [-0.05, 0) is 31.0 Å². The highest BCUT2D eigenvalue weighted by molar-refractivity contribution is 6.21. The number of aryl methyl sites for hydroxylation is 1. The van der Waals surface area contributed by atoms with Crippen LogP contribution in [0.3, 0.4) is 0 Å². The highest BCUT2D eigenvalue weighted by Crippen LogP contribution is 2.31. The van der Waals surface area contributed by atoms with Crippen LogP contribution in [0.25, 0.3) is 10.9 Å². The number of anilines is 1. The molecule has 0 radical (unpaired) electrons. The van der Waals surface area contributed by atoms with Crippen LogP contribution in [-0.4, -0.2) is 11.8 Å². The molecular formula is C22H21N2O2+. The number of aromatic nitrogens is 1. The van der Waals surface area contributed by atoms with E-state index in [-0.39, 0.29) is 23.7 Å². The molecule has 1 aromatic heterocycles. The Balaban J connectivity index is 1.65. The zero-order valence-electron chi connectivity index (χ0n) is 14.9. The predicted molar refractivity (Wildman–Crippen MR) is 101 cm³/mol. The number of nitrogens with zero attached hydrogens (tertiary/aromatic N) is 1. The molecule has 130 valence electrons. The first kappa shape index (κ1) is 16.5. The van der Waals surface area contributed by atoms with Gasteiger partial charge in [-0.2, -0.15) is 0 Å². The third-order valence-electron chi connectivity index (χ3n) is 5.21. The summed E-state index contributed by atoms with van der Waals surface area (Å²) in [6.45, 7) is 3.88. The molecule has 2 atom stereocenters. The van der Waals surface area contributed by atoms with Crippen molar-refractivity contribution in [3.63, 3.8) is 0 Å². The van der Waals surface area contributed by atoms with E-state index in [2.05, 4.69) is 4.98 Å². The van der Waals surface area contributed by atoms with Crippen LogP contribution < -0.4 is 9.88 Å². The number of imide groups is 1. The van der Waals surface area contributed by atoms with E-state index in [1.54, 1.807) is 6.07 Å². The van der Waals surface area contributed by atoms with Crippen molar-refractivity contribution in [3.8, 4) is 0 Å². The van der Waals surface area contributed by atoms with Gasteiger partial charge in [0.05, 0.1) is 11.8 Å². The Bertz CT molecular complexity index is 994. The Kier molecular flexibility index (Phi) is 4.03. The molecule has 2 amide bonds. The molecule has 0 saturated carbocycles. The number of nitrogens with one attached hydrogen (secondary N) is 1. The minimum Gasteiger partial charge on any atom is -0.246 e. The molecule has 4 heteroatoms. The van der Waals surface area contributed by atoms with Gasteiger partial charge in [-0.3, -0.25) is 0 Å². The zero-order valence-corrected chi connectivity index (χ0v) is 14.9. The summed E-state index contributed by atoms with van der Waals surface area (Å²) < 4.78 is 0. The van der Waals surface area contributed by atoms with E-state index in [0.29, 0.717) is 12.2 Å². The minimum absolute atomic E-state index is 0.130. The van der Waals surface area contributed by atoms with E-state index in [0.717, 1.165) is 16.5 Å². The highest BCUT2D eigenvalue weighted by atomic mass is 16.2. The van der Waals surface area contributed by atoms with Crippen molar-refractivity contribution in [2.45, 2.75) is 20.3 Å². The number of rotatable bonds is 3.